The molecule has 2 aromatic heterocycles. The number of aromatic carboxylic acids is 1. The molecule has 0 atom stereocenters. The molecule has 2 aromatic rings. The zero-order chi connectivity index (χ0) is 8.72. The fourth-order valence-electron chi connectivity index (χ4n) is 1.03. The summed E-state index contributed by atoms with van der Waals surface area (Å²) in [5.41, 5.74) is 1.14. The topological polar surface area (TPSA) is 79.1 Å². The number of furan rings is 1. The second-order valence-corrected chi connectivity index (χ2v) is 2.48. The van der Waals surface area contributed by atoms with Crippen LogP contribution in [0.5, 0.6) is 0 Å². The lowest BCUT2D eigenvalue weighted by Gasteiger charge is -1.81. The molecule has 0 saturated carbocycles. The Labute approximate surface area is 67.0 Å². The third-order valence-corrected chi connectivity index (χ3v) is 1.65. The van der Waals surface area contributed by atoms with Crippen LogP contribution in [-0.2, 0) is 0 Å². The minimum absolute atomic E-state index is 0.0791. The average molecular weight is 166 g/mol. The second-order valence-electron chi connectivity index (χ2n) is 2.48. The molecule has 0 aliphatic heterocycles. The molecule has 2 rings (SSSR count). The molecular weight excluding hydrogens is 160 g/mol. The molecule has 0 saturated heterocycles. The van der Waals surface area contributed by atoms with Crippen molar-refractivity contribution in [2.45, 2.75) is 6.92 Å². The summed E-state index contributed by atoms with van der Waals surface area (Å²) in [4.78, 5) is 10.4. The van der Waals surface area contributed by atoms with Crippen LogP contribution in [0.1, 0.15) is 16.2 Å². The van der Waals surface area contributed by atoms with E-state index < -0.39 is 5.97 Å². The van der Waals surface area contributed by atoms with E-state index in [0.717, 1.165) is 5.69 Å². The zero-order valence-electron chi connectivity index (χ0n) is 6.29. The van der Waals surface area contributed by atoms with Crippen molar-refractivity contribution in [2.75, 3.05) is 0 Å². The summed E-state index contributed by atoms with van der Waals surface area (Å²) in [5, 5.41) is 15.7. The summed E-state index contributed by atoms with van der Waals surface area (Å²) in [6, 6.07) is 1.45. The number of nitrogens with zero attached hydrogens (tertiary/aromatic N) is 1. The van der Waals surface area contributed by atoms with Crippen molar-refractivity contribution < 1.29 is 14.3 Å². The predicted molar refractivity (Wildman–Crippen MR) is 40.1 cm³/mol. The van der Waals surface area contributed by atoms with Gasteiger partial charge in [0.15, 0.2) is 0 Å². The molecule has 0 amide bonds. The Kier molecular flexibility index (Phi) is 1.21. The SMILES string of the molecule is Cc1[nH]nc2oc(C(=O)O)cc12. The Hall–Kier alpha value is -1.78. The monoisotopic (exact) mass is 166 g/mol. The fraction of sp³-hybridized carbons (Fsp3) is 0.143. The number of aryl methyl sites for hydroxylation is 1. The number of fused-ring (bicyclic) bond motifs is 1. The number of carboxylic acid groups (broad SMARTS) is 1. The number of hydrogen-bond donors (Lipinski definition) is 2. The van der Waals surface area contributed by atoms with Crippen LogP contribution in [0, 0.1) is 6.92 Å². The molecule has 0 aromatic carbocycles. The highest BCUT2D eigenvalue weighted by Crippen LogP contribution is 2.19. The van der Waals surface area contributed by atoms with Gasteiger partial charge in [-0.05, 0) is 6.92 Å². The Balaban J connectivity index is 2.70. The molecule has 5 heteroatoms. The largest absolute Gasteiger partial charge is 0.475 e. The Morgan fingerprint density at radius 3 is 3.08 bits per heavy atom. The first-order valence-corrected chi connectivity index (χ1v) is 3.36. The molecule has 0 spiro atoms. The Bertz CT molecular complexity index is 440. The van der Waals surface area contributed by atoms with E-state index in [1.54, 1.807) is 6.92 Å². The van der Waals surface area contributed by atoms with Gasteiger partial charge in [0.05, 0.1) is 5.39 Å². The van der Waals surface area contributed by atoms with Gasteiger partial charge in [0.1, 0.15) is 0 Å². The van der Waals surface area contributed by atoms with Gasteiger partial charge in [0.25, 0.3) is 0 Å². The quantitative estimate of drug-likeness (QED) is 0.666. The third kappa shape index (κ3) is 0.795. The first kappa shape index (κ1) is 6.90. The van der Waals surface area contributed by atoms with Crippen LogP contribution in [0.4, 0.5) is 0 Å². The highest BCUT2D eigenvalue weighted by Gasteiger charge is 2.13. The standard InChI is InChI=1S/C7H6N2O3/c1-3-4-2-5(7(10)11)12-6(4)9-8-3/h2H,1H3,(H,8,9)(H,10,11). The maximum absolute atomic E-state index is 10.4. The van der Waals surface area contributed by atoms with Crippen LogP contribution in [0.15, 0.2) is 10.5 Å². The molecular formula is C7H6N2O3. The number of carboxylic acids is 1. The average Bonchev–Trinajstić information content (AvgIpc) is 2.53. The summed E-state index contributed by atoms with van der Waals surface area (Å²) in [6.07, 6.45) is 0. The van der Waals surface area contributed by atoms with E-state index in [1.165, 1.54) is 6.07 Å². The van der Waals surface area contributed by atoms with Gasteiger partial charge in [0.2, 0.25) is 11.5 Å². The molecule has 62 valence electrons. The molecule has 0 aliphatic rings. The van der Waals surface area contributed by atoms with Crippen LogP contribution in [0.25, 0.3) is 11.1 Å². The Morgan fingerprint density at radius 2 is 2.50 bits per heavy atom. The van der Waals surface area contributed by atoms with Crippen molar-refractivity contribution in [3.05, 3.63) is 17.5 Å². The summed E-state index contributed by atoms with van der Waals surface area (Å²) >= 11 is 0. The number of H-pyrrole nitrogens is 1. The number of rotatable bonds is 1. The number of aromatic nitrogens is 2. The normalized spacial score (nSPS) is 10.8. The fourth-order valence-corrected chi connectivity index (χ4v) is 1.03. The maximum atomic E-state index is 10.4. The molecule has 12 heavy (non-hydrogen) atoms. The number of carbonyl (C=O) groups is 1. The highest BCUT2D eigenvalue weighted by atomic mass is 16.4. The highest BCUT2D eigenvalue weighted by molar-refractivity contribution is 5.91. The molecule has 0 unspecified atom stereocenters. The van der Waals surface area contributed by atoms with Crippen LogP contribution >= 0.6 is 0 Å². The minimum atomic E-state index is -1.08. The number of hydrogen-bond acceptors (Lipinski definition) is 3. The summed E-state index contributed by atoms with van der Waals surface area (Å²) in [6.45, 7) is 1.80. The van der Waals surface area contributed by atoms with Crippen molar-refractivity contribution in [1.29, 1.82) is 0 Å². The van der Waals surface area contributed by atoms with Gasteiger partial charge in [-0.25, -0.2) is 4.79 Å². The van der Waals surface area contributed by atoms with Gasteiger partial charge in [-0.15, -0.1) is 5.10 Å². The van der Waals surface area contributed by atoms with Crippen LogP contribution < -0.4 is 0 Å². The molecule has 0 fully saturated rings. The van der Waals surface area contributed by atoms with E-state index in [1.807, 2.05) is 0 Å². The number of aromatic amines is 1. The second kappa shape index (κ2) is 2.10. The summed E-state index contributed by atoms with van der Waals surface area (Å²) < 4.78 is 4.91. The molecule has 0 radical (unpaired) electrons. The van der Waals surface area contributed by atoms with Gasteiger partial charge in [0, 0.05) is 11.8 Å². The zero-order valence-corrected chi connectivity index (χ0v) is 6.29. The summed E-state index contributed by atoms with van der Waals surface area (Å²) in [7, 11) is 0. The third-order valence-electron chi connectivity index (χ3n) is 1.65. The lowest BCUT2D eigenvalue weighted by molar-refractivity contribution is 0.0664. The van der Waals surface area contributed by atoms with E-state index in [9.17, 15) is 4.79 Å². The van der Waals surface area contributed by atoms with Crippen molar-refractivity contribution in [2.24, 2.45) is 0 Å². The van der Waals surface area contributed by atoms with Crippen LogP contribution in [0.3, 0.4) is 0 Å². The first-order valence-electron chi connectivity index (χ1n) is 3.36. The van der Waals surface area contributed by atoms with Gasteiger partial charge in [-0.3, -0.25) is 5.10 Å². The van der Waals surface area contributed by atoms with Crippen LogP contribution in [-0.4, -0.2) is 21.3 Å². The molecule has 2 heterocycles. The lowest BCUT2D eigenvalue weighted by Crippen LogP contribution is -1.91. The Morgan fingerprint density at radius 1 is 1.75 bits per heavy atom. The molecule has 0 aliphatic carbocycles. The van der Waals surface area contributed by atoms with Crippen molar-refractivity contribution in [3.8, 4) is 0 Å². The summed E-state index contributed by atoms with van der Waals surface area (Å²) in [5.74, 6) is -1.16. The number of nitrogens with one attached hydrogen (secondary N) is 1. The smallest absolute Gasteiger partial charge is 0.371 e. The van der Waals surface area contributed by atoms with Gasteiger partial charge < -0.3 is 9.52 Å². The van der Waals surface area contributed by atoms with Crippen molar-refractivity contribution in [1.82, 2.24) is 10.2 Å². The van der Waals surface area contributed by atoms with E-state index in [2.05, 4.69) is 10.2 Å². The van der Waals surface area contributed by atoms with E-state index in [4.69, 9.17) is 9.52 Å². The maximum Gasteiger partial charge on any atom is 0.371 e. The first-order chi connectivity index (χ1) is 5.68. The van der Waals surface area contributed by atoms with E-state index in [0.29, 0.717) is 11.1 Å². The predicted octanol–water partition coefficient (Wildman–Crippen LogP) is 1.16. The lowest BCUT2D eigenvalue weighted by atomic mass is 10.3. The molecule has 5 nitrogen and oxygen atoms in total. The molecule has 0 bridgehead atoms. The van der Waals surface area contributed by atoms with Gasteiger partial charge in [-0.1, -0.05) is 0 Å². The van der Waals surface area contributed by atoms with Crippen LogP contribution in [0.2, 0.25) is 0 Å². The molecule has 2 N–H and O–H groups in total. The van der Waals surface area contributed by atoms with Crippen molar-refractivity contribution in [3.63, 3.8) is 0 Å². The minimum Gasteiger partial charge on any atom is -0.475 e. The van der Waals surface area contributed by atoms with Gasteiger partial charge in [-0.2, -0.15) is 0 Å². The van der Waals surface area contributed by atoms with E-state index in [-0.39, 0.29) is 5.76 Å². The van der Waals surface area contributed by atoms with E-state index >= 15 is 0 Å². The van der Waals surface area contributed by atoms with Crippen molar-refractivity contribution >= 4 is 17.1 Å². The van der Waals surface area contributed by atoms with Gasteiger partial charge >= 0.3 is 5.97 Å².